The van der Waals surface area contributed by atoms with Crippen molar-refractivity contribution >= 4 is 17.8 Å². The van der Waals surface area contributed by atoms with Crippen molar-refractivity contribution in [2.75, 3.05) is 26.2 Å². The lowest BCUT2D eigenvalue weighted by molar-refractivity contribution is 0.0531. The molecule has 0 unspecified atom stereocenters. The van der Waals surface area contributed by atoms with Gasteiger partial charge in [-0.2, -0.15) is 0 Å². The standard InChI is InChI=1S/C23H26N2O4/c1-23(2,3)17-10-8-16(9-11-17)20(26)24-12-14-25(15-13-24)21(27)18-6-4-5-7-19(18)22(28)29/h4-11H,12-15H2,1-3H3,(H,28,29). The fourth-order valence-electron chi connectivity index (χ4n) is 3.43. The zero-order chi connectivity index (χ0) is 21.2. The largest absolute Gasteiger partial charge is 0.478 e. The fraction of sp³-hybridized carbons (Fsp3) is 0.348. The number of carboxylic acids is 1. The number of amides is 2. The number of rotatable bonds is 3. The van der Waals surface area contributed by atoms with Gasteiger partial charge >= 0.3 is 5.97 Å². The van der Waals surface area contributed by atoms with Gasteiger partial charge in [-0.3, -0.25) is 9.59 Å². The van der Waals surface area contributed by atoms with Crippen LogP contribution in [0.5, 0.6) is 0 Å². The van der Waals surface area contributed by atoms with Crippen molar-refractivity contribution in [3.05, 3.63) is 70.8 Å². The van der Waals surface area contributed by atoms with Crippen LogP contribution in [0.4, 0.5) is 0 Å². The molecule has 0 saturated carbocycles. The second-order valence-electron chi connectivity index (χ2n) is 8.26. The van der Waals surface area contributed by atoms with Gasteiger partial charge in [0, 0.05) is 31.7 Å². The van der Waals surface area contributed by atoms with E-state index < -0.39 is 5.97 Å². The molecule has 3 rings (SSSR count). The molecule has 1 aliphatic heterocycles. The second-order valence-corrected chi connectivity index (χ2v) is 8.26. The summed E-state index contributed by atoms with van der Waals surface area (Å²) in [4.78, 5) is 40.3. The van der Waals surface area contributed by atoms with Crippen molar-refractivity contribution in [3.8, 4) is 0 Å². The second kappa shape index (κ2) is 8.07. The number of carbonyl (C=O) groups is 3. The molecule has 152 valence electrons. The monoisotopic (exact) mass is 394 g/mol. The van der Waals surface area contributed by atoms with Gasteiger partial charge in [-0.1, -0.05) is 45.0 Å². The Labute approximate surface area is 170 Å². The summed E-state index contributed by atoms with van der Waals surface area (Å²) >= 11 is 0. The molecule has 6 nitrogen and oxygen atoms in total. The Hall–Kier alpha value is -3.15. The number of aromatic carboxylic acids is 1. The number of carboxylic acid groups (broad SMARTS) is 1. The van der Waals surface area contributed by atoms with Crippen LogP contribution in [-0.2, 0) is 5.41 Å². The van der Waals surface area contributed by atoms with E-state index in [1.54, 1.807) is 21.9 Å². The first kappa shape index (κ1) is 20.6. The molecule has 0 aromatic heterocycles. The molecule has 0 radical (unpaired) electrons. The Bertz CT molecular complexity index is 921. The molecule has 6 heteroatoms. The maximum Gasteiger partial charge on any atom is 0.336 e. The van der Waals surface area contributed by atoms with Crippen molar-refractivity contribution in [1.29, 1.82) is 0 Å². The Morgan fingerprint density at radius 1 is 0.759 bits per heavy atom. The number of piperazine rings is 1. The SMILES string of the molecule is CC(C)(C)c1ccc(C(=O)N2CCN(C(=O)c3ccccc3C(=O)O)CC2)cc1. The molecule has 0 spiro atoms. The highest BCUT2D eigenvalue weighted by Gasteiger charge is 2.27. The molecule has 0 bridgehead atoms. The Morgan fingerprint density at radius 2 is 1.24 bits per heavy atom. The van der Waals surface area contributed by atoms with Gasteiger partial charge < -0.3 is 14.9 Å². The van der Waals surface area contributed by atoms with E-state index in [9.17, 15) is 19.5 Å². The predicted octanol–water partition coefficient (Wildman–Crippen LogP) is 3.28. The van der Waals surface area contributed by atoms with Crippen molar-refractivity contribution in [1.82, 2.24) is 9.80 Å². The molecule has 0 atom stereocenters. The fourth-order valence-corrected chi connectivity index (χ4v) is 3.43. The Morgan fingerprint density at radius 3 is 1.72 bits per heavy atom. The van der Waals surface area contributed by atoms with E-state index in [1.165, 1.54) is 17.7 Å². The van der Waals surface area contributed by atoms with Crippen LogP contribution >= 0.6 is 0 Å². The molecule has 1 saturated heterocycles. The summed E-state index contributed by atoms with van der Waals surface area (Å²) in [5, 5.41) is 9.30. The van der Waals surface area contributed by atoms with Gasteiger partial charge in [-0.25, -0.2) is 4.79 Å². The van der Waals surface area contributed by atoms with E-state index in [-0.39, 0.29) is 28.4 Å². The van der Waals surface area contributed by atoms with Gasteiger partial charge in [0.2, 0.25) is 0 Å². The highest BCUT2D eigenvalue weighted by molar-refractivity contribution is 6.04. The van der Waals surface area contributed by atoms with Crippen LogP contribution < -0.4 is 0 Å². The van der Waals surface area contributed by atoms with Gasteiger partial charge in [-0.05, 0) is 35.2 Å². The van der Waals surface area contributed by atoms with Crippen molar-refractivity contribution < 1.29 is 19.5 Å². The van der Waals surface area contributed by atoms with Crippen LogP contribution in [0.15, 0.2) is 48.5 Å². The molecule has 29 heavy (non-hydrogen) atoms. The number of nitrogens with zero attached hydrogens (tertiary/aromatic N) is 2. The number of hydrogen-bond donors (Lipinski definition) is 1. The summed E-state index contributed by atoms with van der Waals surface area (Å²) in [6, 6.07) is 13.9. The highest BCUT2D eigenvalue weighted by Crippen LogP contribution is 2.23. The molecular weight excluding hydrogens is 368 g/mol. The lowest BCUT2D eigenvalue weighted by Crippen LogP contribution is -2.50. The molecule has 2 aromatic carbocycles. The molecule has 1 N–H and O–H groups in total. The summed E-state index contributed by atoms with van der Waals surface area (Å²) < 4.78 is 0. The normalized spacial score (nSPS) is 14.6. The third-order valence-corrected chi connectivity index (χ3v) is 5.24. The van der Waals surface area contributed by atoms with E-state index in [1.807, 2.05) is 24.3 Å². The lowest BCUT2D eigenvalue weighted by atomic mass is 9.86. The van der Waals surface area contributed by atoms with Crippen molar-refractivity contribution in [2.45, 2.75) is 26.2 Å². The minimum absolute atomic E-state index is 0.00468. The van der Waals surface area contributed by atoms with Crippen LogP contribution in [0.2, 0.25) is 0 Å². The van der Waals surface area contributed by atoms with E-state index in [2.05, 4.69) is 20.8 Å². The zero-order valence-corrected chi connectivity index (χ0v) is 17.0. The van der Waals surface area contributed by atoms with Crippen LogP contribution in [0.3, 0.4) is 0 Å². The third-order valence-electron chi connectivity index (χ3n) is 5.24. The van der Waals surface area contributed by atoms with Crippen LogP contribution in [-0.4, -0.2) is 58.9 Å². The summed E-state index contributed by atoms with van der Waals surface area (Å²) in [6.45, 7) is 7.96. The molecule has 1 heterocycles. The molecule has 2 amide bonds. The minimum Gasteiger partial charge on any atom is -0.478 e. The number of carbonyl (C=O) groups excluding carboxylic acids is 2. The van der Waals surface area contributed by atoms with E-state index in [4.69, 9.17) is 0 Å². The zero-order valence-electron chi connectivity index (χ0n) is 17.0. The average Bonchev–Trinajstić information content (AvgIpc) is 2.72. The van der Waals surface area contributed by atoms with E-state index in [0.717, 1.165) is 0 Å². The summed E-state index contributed by atoms with van der Waals surface area (Å²) in [7, 11) is 0. The first-order chi connectivity index (χ1) is 13.7. The maximum atomic E-state index is 12.8. The third kappa shape index (κ3) is 4.47. The van der Waals surface area contributed by atoms with Crippen molar-refractivity contribution in [3.63, 3.8) is 0 Å². The smallest absolute Gasteiger partial charge is 0.336 e. The van der Waals surface area contributed by atoms with Gasteiger partial charge in [0.15, 0.2) is 0 Å². The quantitative estimate of drug-likeness (QED) is 0.867. The molecule has 1 fully saturated rings. The van der Waals surface area contributed by atoms with E-state index >= 15 is 0 Å². The highest BCUT2D eigenvalue weighted by atomic mass is 16.4. The molecule has 1 aliphatic rings. The van der Waals surface area contributed by atoms with Gasteiger partial charge in [0.1, 0.15) is 0 Å². The van der Waals surface area contributed by atoms with E-state index in [0.29, 0.717) is 31.7 Å². The van der Waals surface area contributed by atoms with Gasteiger partial charge in [0.05, 0.1) is 11.1 Å². The topological polar surface area (TPSA) is 77.9 Å². The maximum absolute atomic E-state index is 12.8. The Kier molecular flexibility index (Phi) is 5.73. The summed E-state index contributed by atoms with van der Waals surface area (Å²) in [5.41, 5.74) is 2.00. The first-order valence-electron chi connectivity index (χ1n) is 9.70. The van der Waals surface area contributed by atoms with Crippen LogP contribution in [0.25, 0.3) is 0 Å². The van der Waals surface area contributed by atoms with Crippen LogP contribution in [0.1, 0.15) is 57.4 Å². The van der Waals surface area contributed by atoms with Gasteiger partial charge in [0.25, 0.3) is 11.8 Å². The van der Waals surface area contributed by atoms with Crippen molar-refractivity contribution in [2.24, 2.45) is 0 Å². The molecular formula is C23H26N2O4. The first-order valence-corrected chi connectivity index (χ1v) is 9.70. The summed E-state index contributed by atoms with van der Waals surface area (Å²) in [6.07, 6.45) is 0. The van der Waals surface area contributed by atoms with Gasteiger partial charge in [-0.15, -0.1) is 0 Å². The Balaban J connectivity index is 1.65. The summed E-state index contributed by atoms with van der Waals surface area (Å²) in [5.74, 6) is -1.49. The average molecular weight is 394 g/mol. The predicted molar refractivity (Wildman–Crippen MR) is 110 cm³/mol. The van der Waals surface area contributed by atoms with Crippen LogP contribution in [0, 0.1) is 0 Å². The minimum atomic E-state index is -1.12. The number of benzene rings is 2. The molecule has 2 aromatic rings. The molecule has 0 aliphatic carbocycles. The lowest BCUT2D eigenvalue weighted by Gasteiger charge is -2.35. The number of hydrogen-bond acceptors (Lipinski definition) is 3.